The van der Waals surface area contributed by atoms with Crippen LogP contribution in [-0.4, -0.2) is 15.9 Å². The van der Waals surface area contributed by atoms with E-state index in [0.29, 0.717) is 11.8 Å². The van der Waals surface area contributed by atoms with Crippen LogP contribution in [0.25, 0.3) is 0 Å². The van der Waals surface area contributed by atoms with Crippen molar-refractivity contribution >= 4 is 35.0 Å². The van der Waals surface area contributed by atoms with E-state index in [4.69, 9.17) is 0 Å². The van der Waals surface area contributed by atoms with E-state index in [2.05, 4.69) is 73.6 Å². The molecule has 0 aromatic rings. The molecule has 1 aliphatic heterocycles. The largest absolute Gasteiger partial charge is 0.164 e. The Bertz CT molecular complexity index is 276. The van der Waals surface area contributed by atoms with Crippen molar-refractivity contribution in [1.82, 2.24) is 0 Å². The Labute approximate surface area is 107 Å². The summed E-state index contributed by atoms with van der Waals surface area (Å²) in [5, 5.41) is 8.22. The van der Waals surface area contributed by atoms with E-state index in [-0.39, 0.29) is 8.84 Å². The van der Waals surface area contributed by atoms with Crippen LogP contribution in [0, 0.1) is 17.3 Å². The van der Waals surface area contributed by atoms with E-state index < -0.39 is 0 Å². The van der Waals surface area contributed by atoms with Gasteiger partial charge in [0.05, 0.1) is 0 Å². The molecule has 2 nitrogen and oxygen atoms in total. The molecule has 0 N–H and O–H groups in total. The van der Waals surface area contributed by atoms with E-state index in [1.165, 1.54) is 0 Å². The first-order valence-electron chi connectivity index (χ1n) is 5.61. The molecular weight excluding hydrogens is 299 g/mol. The van der Waals surface area contributed by atoms with Crippen molar-refractivity contribution in [2.24, 2.45) is 27.5 Å². The zero-order valence-corrected chi connectivity index (χ0v) is 12.4. The summed E-state index contributed by atoms with van der Waals surface area (Å²) < 4.78 is 0.216. The quantitative estimate of drug-likeness (QED) is 0.556. The number of halogens is 1. The fourth-order valence-electron chi connectivity index (χ4n) is 2.51. The van der Waals surface area contributed by atoms with Gasteiger partial charge in [-0.1, -0.05) is 57.2 Å². The predicted molar refractivity (Wildman–Crippen MR) is 76.1 cm³/mol. The smallest absolute Gasteiger partial charge is 0.0341 e. The van der Waals surface area contributed by atoms with Crippen molar-refractivity contribution < 1.29 is 0 Å². The third-order valence-corrected chi connectivity index (χ3v) is 4.26. The van der Waals surface area contributed by atoms with Gasteiger partial charge in [0.25, 0.3) is 0 Å². The second kappa shape index (κ2) is 4.52. The highest BCUT2D eigenvalue weighted by molar-refractivity contribution is 14.1. The minimum absolute atomic E-state index is 0.173. The number of hydrogen-bond acceptors (Lipinski definition) is 2. The highest BCUT2D eigenvalue weighted by Gasteiger charge is 2.45. The van der Waals surface area contributed by atoms with Gasteiger partial charge in [-0.25, -0.2) is 0 Å². The molecule has 3 heteroatoms. The predicted octanol–water partition coefficient (Wildman–Crippen LogP) is 3.94. The Hall–Kier alpha value is 0.0700. The fraction of sp³-hybridized carbons (Fsp3) is 0.833. The molecule has 0 aromatic carbocycles. The Morgan fingerprint density at radius 2 is 2.00 bits per heavy atom. The van der Waals surface area contributed by atoms with Gasteiger partial charge in [-0.2, -0.15) is 10.2 Å². The lowest BCUT2D eigenvalue weighted by Gasteiger charge is -2.45. The van der Waals surface area contributed by atoms with Crippen LogP contribution in [0.3, 0.4) is 0 Å². The SMILES string of the molecule is CCC1(C(C)C)C=NN=CC1C(C)(C)I. The lowest BCUT2D eigenvalue weighted by atomic mass is 9.63. The molecule has 2 atom stereocenters. The molecule has 0 saturated carbocycles. The number of alkyl halides is 1. The van der Waals surface area contributed by atoms with Crippen LogP contribution < -0.4 is 0 Å². The Balaban J connectivity index is 3.13. The van der Waals surface area contributed by atoms with Gasteiger partial charge in [-0.15, -0.1) is 0 Å². The van der Waals surface area contributed by atoms with Gasteiger partial charge in [-0.3, -0.25) is 0 Å². The first kappa shape index (κ1) is 13.1. The molecule has 0 amide bonds. The van der Waals surface area contributed by atoms with Gasteiger partial charge in [0.1, 0.15) is 0 Å². The van der Waals surface area contributed by atoms with Gasteiger partial charge >= 0.3 is 0 Å². The van der Waals surface area contributed by atoms with Crippen LogP contribution >= 0.6 is 22.6 Å². The lowest BCUT2D eigenvalue weighted by Crippen LogP contribution is -2.47. The normalized spacial score (nSPS) is 31.3. The maximum Gasteiger partial charge on any atom is 0.0341 e. The van der Waals surface area contributed by atoms with E-state index >= 15 is 0 Å². The lowest BCUT2D eigenvalue weighted by molar-refractivity contribution is 0.205. The van der Waals surface area contributed by atoms with Crippen molar-refractivity contribution in [2.75, 3.05) is 0 Å². The summed E-state index contributed by atoms with van der Waals surface area (Å²) in [6, 6.07) is 0. The van der Waals surface area contributed by atoms with Crippen LogP contribution in [-0.2, 0) is 0 Å². The van der Waals surface area contributed by atoms with Crippen molar-refractivity contribution in [2.45, 2.75) is 44.5 Å². The number of hydrogen-bond donors (Lipinski definition) is 0. The molecule has 1 aliphatic rings. The third-order valence-electron chi connectivity index (χ3n) is 3.59. The van der Waals surface area contributed by atoms with Crippen molar-refractivity contribution in [1.29, 1.82) is 0 Å². The maximum absolute atomic E-state index is 4.13. The molecule has 1 heterocycles. The zero-order valence-electron chi connectivity index (χ0n) is 10.3. The first-order valence-corrected chi connectivity index (χ1v) is 6.69. The molecule has 0 radical (unpaired) electrons. The standard InChI is InChI=1S/C12H21IN2/c1-6-12(9(2)3)8-15-14-7-10(12)11(4,5)13/h7-10H,6H2,1-5H3. The van der Waals surface area contributed by atoms with Gasteiger partial charge in [0, 0.05) is 27.2 Å². The Kier molecular flexibility index (Phi) is 3.95. The van der Waals surface area contributed by atoms with E-state index in [1.54, 1.807) is 0 Å². The van der Waals surface area contributed by atoms with Gasteiger partial charge in [0.15, 0.2) is 0 Å². The van der Waals surface area contributed by atoms with Crippen LogP contribution in [0.15, 0.2) is 10.2 Å². The first-order chi connectivity index (χ1) is 6.84. The summed E-state index contributed by atoms with van der Waals surface area (Å²) in [5.41, 5.74) is 0.173. The third kappa shape index (κ3) is 2.43. The molecule has 0 fully saturated rings. The van der Waals surface area contributed by atoms with E-state index in [0.717, 1.165) is 6.42 Å². The molecule has 0 aliphatic carbocycles. The monoisotopic (exact) mass is 320 g/mol. The highest BCUT2D eigenvalue weighted by Crippen LogP contribution is 2.46. The summed E-state index contributed by atoms with van der Waals surface area (Å²) in [5.74, 6) is 1.06. The maximum atomic E-state index is 4.13. The molecule has 0 saturated heterocycles. The Morgan fingerprint density at radius 3 is 2.33 bits per heavy atom. The summed E-state index contributed by atoms with van der Waals surface area (Å²) >= 11 is 2.52. The Morgan fingerprint density at radius 1 is 1.40 bits per heavy atom. The average molecular weight is 320 g/mol. The molecule has 86 valence electrons. The summed E-state index contributed by atoms with van der Waals surface area (Å²) in [7, 11) is 0. The molecule has 15 heavy (non-hydrogen) atoms. The molecule has 2 unspecified atom stereocenters. The van der Waals surface area contributed by atoms with Crippen LogP contribution in [0.4, 0.5) is 0 Å². The van der Waals surface area contributed by atoms with Gasteiger partial charge in [-0.05, 0) is 12.3 Å². The minimum Gasteiger partial charge on any atom is -0.164 e. The van der Waals surface area contributed by atoms with Crippen LogP contribution in [0.5, 0.6) is 0 Å². The average Bonchev–Trinajstić information content (AvgIpc) is 2.16. The zero-order chi connectivity index (χ0) is 11.7. The van der Waals surface area contributed by atoms with Crippen molar-refractivity contribution in [3.63, 3.8) is 0 Å². The molecule has 1 rings (SSSR count). The van der Waals surface area contributed by atoms with Gasteiger partial charge in [0.2, 0.25) is 0 Å². The van der Waals surface area contributed by atoms with E-state index in [9.17, 15) is 0 Å². The van der Waals surface area contributed by atoms with Crippen molar-refractivity contribution in [3.05, 3.63) is 0 Å². The minimum atomic E-state index is 0.173. The molecular formula is C12H21IN2. The van der Waals surface area contributed by atoms with Crippen molar-refractivity contribution in [3.8, 4) is 0 Å². The second-order valence-corrected chi connectivity index (χ2v) is 7.95. The topological polar surface area (TPSA) is 24.7 Å². The molecule has 0 aromatic heterocycles. The summed E-state index contributed by atoms with van der Waals surface area (Å²) in [6.45, 7) is 11.4. The molecule has 0 bridgehead atoms. The van der Waals surface area contributed by atoms with Crippen LogP contribution in [0.2, 0.25) is 0 Å². The number of nitrogens with zero attached hydrogens (tertiary/aromatic N) is 2. The second-order valence-electron chi connectivity index (χ2n) is 5.17. The summed E-state index contributed by atoms with van der Waals surface area (Å²) in [4.78, 5) is 0. The number of rotatable bonds is 3. The highest BCUT2D eigenvalue weighted by atomic mass is 127. The van der Waals surface area contributed by atoms with Gasteiger partial charge < -0.3 is 0 Å². The van der Waals surface area contributed by atoms with Crippen LogP contribution in [0.1, 0.15) is 41.0 Å². The summed E-state index contributed by atoms with van der Waals surface area (Å²) in [6.07, 6.45) is 5.23. The van der Waals surface area contributed by atoms with E-state index in [1.807, 2.05) is 6.21 Å². The fourth-order valence-corrected chi connectivity index (χ4v) is 3.25. The molecule has 0 spiro atoms.